The highest BCUT2D eigenvalue weighted by Crippen LogP contribution is 2.26. The summed E-state index contributed by atoms with van der Waals surface area (Å²) in [5.74, 6) is 0. The number of benzene rings is 1. The summed E-state index contributed by atoms with van der Waals surface area (Å²) < 4.78 is 3.50. The smallest absolute Gasteiger partial charge is 0.200 e. The lowest BCUT2D eigenvalue weighted by atomic mass is 10.1. The van der Waals surface area contributed by atoms with Crippen molar-refractivity contribution in [1.82, 2.24) is 24.5 Å². The number of rotatable bonds is 3. The highest BCUT2D eigenvalue weighted by molar-refractivity contribution is 5.70. The Labute approximate surface area is 137 Å². The first-order valence-corrected chi connectivity index (χ1v) is 7.42. The molecule has 0 saturated heterocycles. The van der Waals surface area contributed by atoms with Gasteiger partial charge in [-0.3, -0.25) is 9.78 Å². The summed E-state index contributed by atoms with van der Waals surface area (Å²) in [6.07, 6.45) is 8.15. The predicted octanol–water partition coefficient (Wildman–Crippen LogP) is 2.48. The molecule has 116 valence electrons. The fourth-order valence-electron chi connectivity index (χ4n) is 2.55. The summed E-state index contributed by atoms with van der Waals surface area (Å²) in [5, 5.41) is 8.59. The van der Waals surface area contributed by atoms with Gasteiger partial charge in [-0.1, -0.05) is 18.2 Å². The lowest BCUT2D eigenvalue weighted by molar-refractivity contribution is 0.830. The van der Waals surface area contributed by atoms with Gasteiger partial charge in [0.2, 0.25) is 0 Å². The van der Waals surface area contributed by atoms with Gasteiger partial charge in [-0.05, 0) is 24.3 Å². The third-order valence-electron chi connectivity index (χ3n) is 3.65. The molecule has 4 aromatic rings. The molecule has 0 bridgehead atoms. The normalized spacial score (nSPS) is 10.7. The van der Waals surface area contributed by atoms with Crippen molar-refractivity contribution in [3.8, 4) is 22.6 Å². The van der Waals surface area contributed by atoms with E-state index in [0.717, 1.165) is 22.6 Å². The molecule has 0 amide bonds. The van der Waals surface area contributed by atoms with Gasteiger partial charge in [0, 0.05) is 30.2 Å². The second kappa shape index (κ2) is 5.92. The van der Waals surface area contributed by atoms with Crippen LogP contribution in [0.15, 0.2) is 84.3 Å². The van der Waals surface area contributed by atoms with Crippen molar-refractivity contribution >= 4 is 0 Å². The molecular weight excluding hydrogens is 302 g/mol. The Balaban J connectivity index is 1.89. The Bertz CT molecular complexity index is 1020. The summed E-state index contributed by atoms with van der Waals surface area (Å²) in [4.78, 5) is 15.5. The second-order valence-corrected chi connectivity index (χ2v) is 5.16. The Morgan fingerprint density at radius 1 is 0.833 bits per heavy atom. The summed E-state index contributed by atoms with van der Waals surface area (Å²) in [6, 6.07) is 15.1. The van der Waals surface area contributed by atoms with Crippen LogP contribution < -0.4 is 5.43 Å². The van der Waals surface area contributed by atoms with Gasteiger partial charge in [0.1, 0.15) is 0 Å². The molecule has 24 heavy (non-hydrogen) atoms. The van der Waals surface area contributed by atoms with Gasteiger partial charge in [-0.15, -0.1) is 0 Å². The maximum atomic E-state index is 11.3. The maximum absolute atomic E-state index is 11.3. The SMILES string of the molecule is O=c1ccn(-c2ccncc2-c2ccnn2-c2ccccc2)nc1. The van der Waals surface area contributed by atoms with Crippen LogP contribution in [0.3, 0.4) is 0 Å². The minimum atomic E-state index is -0.129. The van der Waals surface area contributed by atoms with Crippen molar-refractivity contribution in [2.75, 3.05) is 0 Å². The zero-order valence-corrected chi connectivity index (χ0v) is 12.6. The number of hydrogen-bond donors (Lipinski definition) is 0. The standard InChI is InChI=1S/C18H13N5O/c24-15-8-11-22(21-12-15)17-6-9-19-13-16(17)18-7-10-20-23(18)14-4-2-1-3-5-14/h1-13H. The van der Waals surface area contributed by atoms with E-state index in [1.165, 1.54) is 12.3 Å². The van der Waals surface area contributed by atoms with Crippen LogP contribution in [0.2, 0.25) is 0 Å². The molecule has 0 aliphatic carbocycles. The second-order valence-electron chi connectivity index (χ2n) is 5.16. The van der Waals surface area contributed by atoms with Gasteiger partial charge in [0.25, 0.3) is 0 Å². The molecule has 0 spiro atoms. The zero-order chi connectivity index (χ0) is 16.4. The predicted molar refractivity (Wildman–Crippen MR) is 90.2 cm³/mol. The quantitative estimate of drug-likeness (QED) is 0.582. The van der Waals surface area contributed by atoms with E-state index >= 15 is 0 Å². The van der Waals surface area contributed by atoms with E-state index in [1.807, 2.05) is 47.1 Å². The lowest BCUT2D eigenvalue weighted by Gasteiger charge is -2.12. The van der Waals surface area contributed by atoms with Crippen LogP contribution >= 0.6 is 0 Å². The summed E-state index contributed by atoms with van der Waals surface area (Å²) >= 11 is 0. The van der Waals surface area contributed by atoms with Crippen molar-refractivity contribution in [3.05, 3.63) is 89.7 Å². The van der Waals surface area contributed by atoms with Crippen LogP contribution in [-0.4, -0.2) is 24.5 Å². The van der Waals surface area contributed by atoms with E-state index in [4.69, 9.17) is 0 Å². The van der Waals surface area contributed by atoms with Crippen LogP contribution in [0.4, 0.5) is 0 Å². The van der Waals surface area contributed by atoms with E-state index < -0.39 is 0 Å². The van der Waals surface area contributed by atoms with E-state index in [1.54, 1.807) is 29.5 Å². The molecule has 0 aliphatic heterocycles. The van der Waals surface area contributed by atoms with Gasteiger partial charge < -0.3 is 0 Å². The van der Waals surface area contributed by atoms with Crippen LogP contribution in [0.5, 0.6) is 0 Å². The molecule has 0 unspecified atom stereocenters. The Hall–Kier alpha value is -3.54. The molecule has 0 saturated carbocycles. The Morgan fingerprint density at radius 3 is 2.50 bits per heavy atom. The molecule has 0 radical (unpaired) electrons. The van der Waals surface area contributed by atoms with E-state index in [2.05, 4.69) is 15.2 Å². The maximum Gasteiger partial charge on any atom is 0.200 e. The van der Waals surface area contributed by atoms with E-state index in [9.17, 15) is 4.79 Å². The third-order valence-corrected chi connectivity index (χ3v) is 3.65. The molecule has 1 aromatic carbocycles. The molecule has 0 aliphatic rings. The molecule has 0 atom stereocenters. The summed E-state index contributed by atoms with van der Waals surface area (Å²) in [6.45, 7) is 0. The number of nitrogens with zero attached hydrogens (tertiary/aromatic N) is 5. The molecule has 3 heterocycles. The summed E-state index contributed by atoms with van der Waals surface area (Å²) in [5.41, 5.74) is 3.42. The molecule has 6 heteroatoms. The highest BCUT2D eigenvalue weighted by Gasteiger charge is 2.13. The van der Waals surface area contributed by atoms with Crippen LogP contribution in [0, 0.1) is 0 Å². The zero-order valence-electron chi connectivity index (χ0n) is 12.6. The minimum absolute atomic E-state index is 0.129. The number of pyridine rings is 1. The molecule has 3 aromatic heterocycles. The fraction of sp³-hybridized carbons (Fsp3) is 0. The number of para-hydroxylation sites is 1. The van der Waals surface area contributed by atoms with Gasteiger partial charge in [0.05, 0.1) is 29.5 Å². The molecule has 0 N–H and O–H groups in total. The first-order chi connectivity index (χ1) is 11.8. The van der Waals surface area contributed by atoms with Crippen LogP contribution in [0.1, 0.15) is 0 Å². The highest BCUT2D eigenvalue weighted by atomic mass is 16.1. The molecule has 6 nitrogen and oxygen atoms in total. The monoisotopic (exact) mass is 315 g/mol. The van der Waals surface area contributed by atoms with Gasteiger partial charge in [-0.2, -0.15) is 10.2 Å². The van der Waals surface area contributed by atoms with Crippen molar-refractivity contribution in [1.29, 1.82) is 0 Å². The number of hydrogen-bond acceptors (Lipinski definition) is 4. The Kier molecular flexibility index (Phi) is 3.47. The van der Waals surface area contributed by atoms with Gasteiger partial charge in [0.15, 0.2) is 5.43 Å². The third kappa shape index (κ3) is 2.50. The van der Waals surface area contributed by atoms with Crippen molar-refractivity contribution in [2.45, 2.75) is 0 Å². The lowest BCUT2D eigenvalue weighted by Crippen LogP contribution is -2.09. The van der Waals surface area contributed by atoms with Crippen LogP contribution in [0.25, 0.3) is 22.6 Å². The minimum Gasteiger partial charge on any atom is -0.288 e. The molecule has 0 fully saturated rings. The topological polar surface area (TPSA) is 65.6 Å². The van der Waals surface area contributed by atoms with E-state index in [0.29, 0.717) is 0 Å². The molecule has 4 rings (SSSR count). The van der Waals surface area contributed by atoms with Gasteiger partial charge >= 0.3 is 0 Å². The average Bonchev–Trinajstić information content (AvgIpc) is 3.13. The van der Waals surface area contributed by atoms with Crippen molar-refractivity contribution in [2.24, 2.45) is 0 Å². The molecular formula is C18H13N5O. The summed E-state index contributed by atoms with van der Waals surface area (Å²) in [7, 11) is 0. The first kappa shape index (κ1) is 14.1. The Morgan fingerprint density at radius 2 is 1.71 bits per heavy atom. The average molecular weight is 315 g/mol. The number of aromatic nitrogens is 5. The first-order valence-electron chi connectivity index (χ1n) is 7.42. The van der Waals surface area contributed by atoms with Gasteiger partial charge in [-0.25, -0.2) is 9.36 Å². The van der Waals surface area contributed by atoms with Crippen molar-refractivity contribution in [3.63, 3.8) is 0 Å². The van der Waals surface area contributed by atoms with Crippen LogP contribution in [-0.2, 0) is 0 Å². The van der Waals surface area contributed by atoms with Crippen molar-refractivity contribution < 1.29 is 0 Å². The largest absolute Gasteiger partial charge is 0.288 e. The van der Waals surface area contributed by atoms with E-state index in [-0.39, 0.29) is 5.43 Å². The fourth-order valence-corrected chi connectivity index (χ4v) is 2.55.